The van der Waals surface area contributed by atoms with Crippen LogP contribution in [0.1, 0.15) is 26.2 Å². The second-order valence-corrected chi connectivity index (χ2v) is 7.12. The zero-order chi connectivity index (χ0) is 15.5. The smallest absolute Gasteiger partial charge is 0.244 e. The Morgan fingerprint density at radius 1 is 1.29 bits per heavy atom. The molecule has 0 aliphatic carbocycles. The molecule has 1 saturated heterocycles. The van der Waals surface area contributed by atoms with Crippen LogP contribution in [0.4, 0.5) is 11.4 Å². The standard InChI is InChI=1S/C14H21N3O3S/c1-3-14(9-4-10-15-14)13(18)16-11-5-7-12(8-6-11)17-21(2,19)20/h5-8,15,17H,3-4,9-10H2,1-2H3,(H,16,18). The lowest BCUT2D eigenvalue weighted by Crippen LogP contribution is -2.50. The van der Waals surface area contributed by atoms with Crippen LogP contribution in [-0.2, 0) is 14.8 Å². The first-order valence-corrected chi connectivity index (χ1v) is 8.88. The molecule has 116 valence electrons. The highest BCUT2D eigenvalue weighted by molar-refractivity contribution is 7.92. The third-order valence-electron chi connectivity index (χ3n) is 3.73. The molecule has 0 radical (unpaired) electrons. The average Bonchev–Trinajstić information content (AvgIpc) is 2.89. The SMILES string of the molecule is CCC1(C(=O)Nc2ccc(NS(C)(=O)=O)cc2)CCCN1. The second kappa shape index (κ2) is 6.03. The van der Waals surface area contributed by atoms with Crippen LogP contribution in [0, 0.1) is 0 Å². The fourth-order valence-corrected chi connectivity index (χ4v) is 3.11. The number of hydrogen-bond donors (Lipinski definition) is 3. The predicted octanol–water partition coefficient (Wildman–Crippen LogP) is 1.53. The summed E-state index contributed by atoms with van der Waals surface area (Å²) < 4.78 is 24.6. The van der Waals surface area contributed by atoms with Gasteiger partial charge in [0, 0.05) is 11.4 Å². The van der Waals surface area contributed by atoms with E-state index in [1.807, 2.05) is 6.92 Å². The molecule has 2 rings (SSSR count). The molecule has 1 aromatic rings. The first-order valence-electron chi connectivity index (χ1n) is 6.99. The van der Waals surface area contributed by atoms with E-state index in [2.05, 4.69) is 15.4 Å². The monoisotopic (exact) mass is 311 g/mol. The lowest BCUT2D eigenvalue weighted by atomic mass is 9.93. The maximum atomic E-state index is 12.4. The van der Waals surface area contributed by atoms with Crippen molar-refractivity contribution < 1.29 is 13.2 Å². The lowest BCUT2D eigenvalue weighted by molar-refractivity contribution is -0.122. The van der Waals surface area contributed by atoms with Crippen LogP contribution in [0.15, 0.2) is 24.3 Å². The van der Waals surface area contributed by atoms with E-state index in [1.165, 1.54) is 0 Å². The molecule has 0 spiro atoms. The van der Waals surface area contributed by atoms with Gasteiger partial charge in [-0.25, -0.2) is 8.42 Å². The molecule has 1 aliphatic heterocycles. The van der Waals surface area contributed by atoms with Crippen LogP contribution in [0.3, 0.4) is 0 Å². The number of anilines is 2. The maximum absolute atomic E-state index is 12.4. The van der Waals surface area contributed by atoms with E-state index >= 15 is 0 Å². The highest BCUT2D eigenvalue weighted by atomic mass is 32.2. The Hall–Kier alpha value is -1.60. The summed E-state index contributed by atoms with van der Waals surface area (Å²) in [4.78, 5) is 12.4. The van der Waals surface area contributed by atoms with Gasteiger partial charge in [0.25, 0.3) is 0 Å². The van der Waals surface area contributed by atoms with Crippen LogP contribution in [-0.4, -0.2) is 32.7 Å². The topological polar surface area (TPSA) is 87.3 Å². The molecule has 0 aromatic heterocycles. The highest BCUT2D eigenvalue weighted by Gasteiger charge is 2.38. The summed E-state index contributed by atoms with van der Waals surface area (Å²) >= 11 is 0. The van der Waals surface area contributed by atoms with Gasteiger partial charge < -0.3 is 10.6 Å². The summed E-state index contributed by atoms with van der Waals surface area (Å²) in [5.41, 5.74) is 0.643. The molecular weight excluding hydrogens is 290 g/mol. The Morgan fingerprint density at radius 3 is 2.38 bits per heavy atom. The highest BCUT2D eigenvalue weighted by Crippen LogP contribution is 2.25. The Kier molecular flexibility index (Phi) is 4.53. The van der Waals surface area contributed by atoms with Gasteiger partial charge in [0.1, 0.15) is 0 Å². The van der Waals surface area contributed by atoms with Gasteiger partial charge in [-0.05, 0) is 50.1 Å². The van der Waals surface area contributed by atoms with Crippen molar-refractivity contribution in [2.45, 2.75) is 31.7 Å². The van der Waals surface area contributed by atoms with Crippen molar-refractivity contribution in [1.29, 1.82) is 0 Å². The molecule has 1 fully saturated rings. The van der Waals surface area contributed by atoms with Crippen molar-refractivity contribution in [3.63, 3.8) is 0 Å². The minimum absolute atomic E-state index is 0.0358. The molecule has 7 heteroatoms. The summed E-state index contributed by atoms with van der Waals surface area (Å²) in [6.45, 7) is 2.86. The van der Waals surface area contributed by atoms with Crippen LogP contribution >= 0.6 is 0 Å². The summed E-state index contributed by atoms with van der Waals surface area (Å²) in [6, 6.07) is 6.61. The van der Waals surface area contributed by atoms with E-state index < -0.39 is 15.6 Å². The van der Waals surface area contributed by atoms with Gasteiger partial charge in [-0.2, -0.15) is 0 Å². The molecule has 1 aromatic carbocycles. The van der Waals surface area contributed by atoms with Crippen LogP contribution in [0.2, 0.25) is 0 Å². The van der Waals surface area contributed by atoms with Crippen LogP contribution in [0.5, 0.6) is 0 Å². The number of amides is 1. The second-order valence-electron chi connectivity index (χ2n) is 5.37. The van der Waals surface area contributed by atoms with E-state index in [1.54, 1.807) is 24.3 Å². The van der Waals surface area contributed by atoms with Gasteiger partial charge in [-0.15, -0.1) is 0 Å². The van der Waals surface area contributed by atoms with Gasteiger partial charge in [-0.1, -0.05) is 6.92 Å². The van der Waals surface area contributed by atoms with Crippen molar-refractivity contribution in [3.8, 4) is 0 Å². The number of nitrogens with one attached hydrogen (secondary N) is 3. The fraction of sp³-hybridized carbons (Fsp3) is 0.500. The molecule has 0 bridgehead atoms. The number of sulfonamides is 1. The number of carbonyl (C=O) groups excluding carboxylic acids is 1. The van der Waals surface area contributed by atoms with E-state index in [0.29, 0.717) is 11.4 Å². The van der Waals surface area contributed by atoms with E-state index in [-0.39, 0.29) is 5.91 Å². The van der Waals surface area contributed by atoms with Crippen molar-refractivity contribution in [3.05, 3.63) is 24.3 Å². The van der Waals surface area contributed by atoms with Gasteiger partial charge in [0.15, 0.2) is 0 Å². The largest absolute Gasteiger partial charge is 0.324 e. The fourth-order valence-electron chi connectivity index (χ4n) is 2.55. The first kappa shape index (κ1) is 15.8. The summed E-state index contributed by atoms with van der Waals surface area (Å²) in [6.07, 6.45) is 3.67. The van der Waals surface area contributed by atoms with Crippen LogP contribution in [0.25, 0.3) is 0 Å². The Balaban J connectivity index is 2.05. The number of benzene rings is 1. The first-order chi connectivity index (χ1) is 9.85. The van der Waals surface area contributed by atoms with Gasteiger partial charge in [0.05, 0.1) is 11.8 Å². The Labute approximate surface area is 125 Å². The summed E-state index contributed by atoms with van der Waals surface area (Å²) in [7, 11) is -3.29. The predicted molar refractivity (Wildman–Crippen MR) is 83.8 cm³/mol. The van der Waals surface area contributed by atoms with Gasteiger partial charge in [-0.3, -0.25) is 9.52 Å². The van der Waals surface area contributed by atoms with Crippen molar-refractivity contribution in [2.24, 2.45) is 0 Å². The summed E-state index contributed by atoms with van der Waals surface area (Å²) in [5, 5.41) is 6.17. The average molecular weight is 311 g/mol. The Morgan fingerprint density at radius 2 is 1.90 bits per heavy atom. The Bertz CT molecular complexity index is 605. The molecule has 1 amide bonds. The molecule has 0 saturated carbocycles. The summed E-state index contributed by atoms with van der Waals surface area (Å²) in [5.74, 6) is -0.0358. The number of rotatable bonds is 5. The number of carbonyl (C=O) groups is 1. The van der Waals surface area contributed by atoms with Crippen LogP contribution < -0.4 is 15.4 Å². The zero-order valence-corrected chi connectivity index (χ0v) is 13.1. The molecular formula is C14H21N3O3S. The molecule has 1 aliphatic rings. The molecule has 3 N–H and O–H groups in total. The number of hydrogen-bond acceptors (Lipinski definition) is 4. The third-order valence-corrected chi connectivity index (χ3v) is 4.33. The molecule has 21 heavy (non-hydrogen) atoms. The molecule has 1 unspecified atom stereocenters. The normalized spacial score (nSPS) is 22.0. The van der Waals surface area contributed by atoms with Crippen molar-refractivity contribution >= 4 is 27.3 Å². The van der Waals surface area contributed by atoms with Crippen molar-refractivity contribution in [1.82, 2.24) is 5.32 Å². The third kappa shape index (κ3) is 3.95. The quantitative estimate of drug-likeness (QED) is 0.769. The molecule has 6 nitrogen and oxygen atoms in total. The maximum Gasteiger partial charge on any atom is 0.244 e. The molecule has 1 heterocycles. The van der Waals surface area contributed by atoms with E-state index in [4.69, 9.17) is 0 Å². The van der Waals surface area contributed by atoms with E-state index in [9.17, 15) is 13.2 Å². The molecule has 1 atom stereocenters. The van der Waals surface area contributed by atoms with E-state index in [0.717, 1.165) is 32.1 Å². The zero-order valence-electron chi connectivity index (χ0n) is 12.3. The lowest BCUT2D eigenvalue weighted by Gasteiger charge is -2.26. The minimum Gasteiger partial charge on any atom is -0.324 e. The minimum atomic E-state index is -3.29. The van der Waals surface area contributed by atoms with Gasteiger partial charge in [0.2, 0.25) is 15.9 Å². The van der Waals surface area contributed by atoms with Gasteiger partial charge >= 0.3 is 0 Å². The van der Waals surface area contributed by atoms with Crippen molar-refractivity contribution in [2.75, 3.05) is 22.8 Å².